The van der Waals surface area contributed by atoms with Crippen LogP contribution in [0.2, 0.25) is 0 Å². The molecule has 0 spiro atoms. The van der Waals surface area contributed by atoms with Crippen molar-refractivity contribution in [3.05, 3.63) is 80.7 Å². The molecule has 118 valence electrons. The molecule has 4 rings (SSSR count). The Bertz CT molecular complexity index is 1050. The fourth-order valence-corrected chi connectivity index (χ4v) is 2.94. The maximum atomic E-state index is 12.3. The zero-order valence-electron chi connectivity index (χ0n) is 13.2. The Labute approximate surface area is 139 Å². The van der Waals surface area contributed by atoms with Gasteiger partial charge in [0.1, 0.15) is 5.69 Å². The number of aromatic amines is 1. The third kappa shape index (κ3) is 2.91. The van der Waals surface area contributed by atoms with Crippen molar-refractivity contribution in [3.63, 3.8) is 0 Å². The molecule has 0 fully saturated rings. The predicted octanol–water partition coefficient (Wildman–Crippen LogP) is 1.78. The van der Waals surface area contributed by atoms with Crippen molar-refractivity contribution in [2.45, 2.75) is 19.3 Å². The molecule has 0 radical (unpaired) electrons. The number of nitrogens with one attached hydrogen (secondary N) is 1. The van der Waals surface area contributed by atoms with Crippen LogP contribution in [0.15, 0.2) is 53.3 Å². The van der Waals surface area contributed by atoms with Gasteiger partial charge in [0.15, 0.2) is 5.82 Å². The highest BCUT2D eigenvalue weighted by Gasteiger charge is 2.07. The topological polar surface area (TPSA) is 58.6 Å². The van der Waals surface area contributed by atoms with Gasteiger partial charge in [0, 0.05) is 12.1 Å². The van der Waals surface area contributed by atoms with E-state index in [9.17, 15) is 4.79 Å². The molecule has 0 unspecified atom stereocenters. The summed E-state index contributed by atoms with van der Waals surface area (Å²) in [7, 11) is 0. The van der Waals surface area contributed by atoms with Crippen LogP contribution in [0, 0.1) is 0 Å². The minimum Gasteiger partial charge on any atom is -0.305 e. The molecule has 0 aliphatic heterocycles. The monoisotopic (exact) mass is 315 g/mol. The summed E-state index contributed by atoms with van der Waals surface area (Å²) in [5.41, 5.74) is 2.76. The van der Waals surface area contributed by atoms with Crippen LogP contribution in [-0.4, -0.2) is 15.0 Å². The van der Waals surface area contributed by atoms with Crippen LogP contribution in [-0.2, 0) is 6.42 Å². The Morgan fingerprint density at radius 1 is 0.917 bits per heavy atom. The second kappa shape index (κ2) is 6.24. The summed E-state index contributed by atoms with van der Waals surface area (Å²) in [6.07, 6.45) is 6.53. The highest BCUT2D eigenvalue weighted by atomic mass is 16.1. The first-order valence-electron chi connectivity index (χ1n) is 8.10. The van der Waals surface area contributed by atoms with Crippen molar-refractivity contribution in [1.82, 2.24) is 15.0 Å². The van der Waals surface area contributed by atoms with Gasteiger partial charge in [-0.2, -0.15) is 0 Å². The third-order valence-electron chi connectivity index (χ3n) is 4.12. The van der Waals surface area contributed by atoms with E-state index in [1.165, 1.54) is 5.56 Å². The number of pyridine rings is 1. The van der Waals surface area contributed by atoms with Crippen LogP contribution in [0.25, 0.3) is 23.7 Å². The Morgan fingerprint density at radius 3 is 2.62 bits per heavy atom. The second-order valence-electron chi connectivity index (χ2n) is 5.88. The zero-order chi connectivity index (χ0) is 16.4. The summed E-state index contributed by atoms with van der Waals surface area (Å²) in [5.74, 6) is 0.528. The van der Waals surface area contributed by atoms with Crippen LogP contribution in [0.4, 0.5) is 0 Å². The largest absolute Gasteiger partial charge is 0.305 e. The summed E-state index contributed by atoms with van der Waals surface area (Å²) in [6, 6.07) is 16.0. The first-order chi connectivity index (χ1) is 11.8. The normalized spacial score (nSPS) is 12.8. The smallest absolute Gasteiger partial charge is 0.258 e. The molecule has 1 aromatic carbocycles. The molecule has 3 aromatic rings. The summed E-state index contributed by atoms with van der Waals surface area (Å²) in [4.78, 5) is 24.4. The number of benzene rings is 1. The van der Waals surface area contributed by atoms with E-state index in [1.807, 2.05) is 48.6 Å². The molecule has 0 atom stereocenters. The standard InChI is InChI=1S/C20H17N3O/c24-20-16-10-4-5-11-17(16)22-19(23-20)18-12-6-9-15(21-18)13-14-7-2-1-3-8-14/h1-3,6-12H,4-5,13H2,(H,22,23,24). The minimum atomic E-state index is -0.0961. The van der Waals surface area contributed by atoms with Gasteiger partial charge in [-0.3, -0.25) is 4.79 Å². The van der Waals surface area contributed by atoms with Crippen molar-refractivity contribution in [2.75, 3.05) is 0 Å². The molecule has 1 aliphatic carbocycles. The van der Waals surface area contributed by atoms with E-state index in [1.54, 1.807) is 0 Å². The Morgan fingerprint density at radius 2 is 1.75 bits per heavy atom. The molecular formula is C20H17N3O. The van der Waals surface area contributed by atoms with Gasteiger partial charge < -0.3 is 4.98 Å². The van der Waals surface area contributed by atoms with Crippen LogP contribution in [0.3, 0.4) is 0 Å². The number of H-pyrrole nitrogens is 1. The minimum absolute atomic E-state index is 0.0961. The van der Waals surface area contributed by atoms with Gasteiger partial charge in [-0.05, 0) is 30.5 Å². The molecule has 24 heavy (non-hydrogen) atoms. The van der Waals surface area contributed by atoms with Gasteiger partial charge in [0.2, 0.25) is 0 Å². The SMILES string of the molecule is O=c1[nH]c(-c2cccc(Cc3ccccc3)n2)nc2c1=CCCC=2. The van der Waals surface area contributed by atoms with Crippen molar-refractivity contribution < 1.29 is 0 Å². The molecule has 0 bridgehead atoms. The van der Waals surface area contributed by atoms with Gasteiger partial charge in [-0.1, -0.05) is 48.6 Å². The predicted molar refractivity (Wildman–Crippen MR) is 94.8 cm³/mol. The lowest BCUT2D eigenvalue weighted by Gasteiger charge is -2.06. The molecule has 4 heteroatoms. The van der Waals surface area contributed by atoms with E-state index in [-0.39, 0.29) is 5.56 Å². The molecule has 1 aliphatic rings. The fraction of sp³-hybridized carbons (Fsp3) is 0.150. The Balaban J connectivity index is 1.74. The van der Waals surface area contributed by atoms with Crippen LogP contribution >= 0.6 is 0 Å². The zero-order valence-corrected chi connectivity index (χ0v) is 13.2. The van der Waals surface area contributed by atoms with Gasteiger partial charge in [-0.15, -0.1) is 0 Å². The van der Waals surface area contributed by atoms with Crippen LogP contribution in [0.1, 0.15) is 24.1 Å². The number of nitrogens with zero attached hydrogens (tertiary/aromatic N) is 2. The molecule has 2 aromatic heterocycles. The van der Waals surface area contributed by atoms with Crippen molar-refractivity contribution in [3.8, 4) is 11.5 Å². The molecule has 0 amide bonds. The maximum absolute atomic E-state index is 12.3. The first kappa shape index (κ1) is 14.6. The molecule has 0 saturated carbocycles. The highest BCUT2D eigenvalue weighted by Crippen LogP contribution is 2.13. The summed E-state index contributed by atoms with van der Waals surface area (Å²) >= 11 is 0. The van der Waals surface area contributed by atoms with E-state index >= 15 is 0 Å². The van der Waals surface area contributed by atoms with Crippen molar-refractivity contribution in [1.29, 1.82) is 0 Å². The average Bonchev–Trinajstić information content (AvgIpc) is 2.63. The van der Waals surface area contributed by atoms with E-state index in [0.29, 0.717) is 16.7 Å². The molecule has 0 saturated heterocycles. The second-order valence-corrected chi connectivity index (χ2v) is 5.88. The van der Waals surface area contributed by atoms with Gasteiger partial charge in [0.05, 0.1) is 10.6 Å². The van der Waals surface area contributed by atoms with Crippen LogP contribution in [0.5, 0.6) is 0 Å². The Hall–Kier alpha value is -3.01. The Kier molecular flexibility index (Phi) is 3.79. The quantitative estimate of drug-likeness (QED) is 0.801. The molecule has 1 N–H and O–H groups in total. The highest BCUT2D eigenvalue weighted by molar-refractivity contribution is 5.50. The first-order valence-corrected chi connectivity index (χ1v) is 8.10. The third-order valence-corrected chi connectivity index (χ3v) is 4.12. The lowest BCUT2D eigenvalue weighted by atomic mass is 10.1. The number of fused-ring (bicyclic) bond motifs is 1. The van der Waals surface area contributed by atoms with Crippen molar-refractivity contribution >= 4 is 12.2 Å². The molecule has 4 nitrogen and oxygen atoms in total. The van der Waals surface area contributed by atoms with Crippen LogP contribution < -0.4 is 16.1 Å². The lowest BCUT2D eigenvalue weighted by Crippen LogP contribution is -2.44. The van der Waals surface area contributed by atoms with E-state index in [2.05, 4.69) is 27.1 Å². The summed E-state index contributed by atoms with van der Waals surface area (Å²) in [5, 5.41) is 1.43. The maximum Gasteiger partial charge on any atom is 0.258 e. The lowest BCUT2D eigenvalue weighted by molar-refractivity contribution is 0.992. The number of aromatic nitrogens is 3. The van der Waals surface area contributed by atoms with Gasteiger partial charge in [0.25, 0.3) is 5.56 Å². The number of hydrogen-bond donors (Lipinski definition) is 1. The van der Waals surface area contributed by atoms with Crippen molar-refractivity contribution in [2.24, 2.45) is 0 Å². The summed E-state index contributed by atoms with van der Waals surface area (Å²) in [6.45, 7) is 0. The van der Waals surface area contributed by atoms with Gasteiger partial charge >= 0.3 is 0 Å². The number of hydrogen-bond acceptors (Lipinski definition) is 3. The molecule has 2 heterocycles. The van der Waals surface area contributed by atoms with E-state index in [0.717, 1.165) is 30.3 Å². The van der Waals surface area contributed by atoms with E-state index in [4.69, 9.17) is 0 Å². The molecular weight excluding hydrogens is 298 g/mol. The van der Waals surface area contributed by atoms with Gasteiger partial charge in [-0.25, -0.2) is 9.97 Å². The fourth-order valence-electron chi connectivity index (χ4n) is 2.94. The number of rotatable bonds is 3. The summed E-state index contributed by atoms with van der Waals surface area (Å²) < 4.78 is 0. The van der Waals surface area contributed by atoms with E-state index < -0.39 is 0 Å². The average molecular weight is 315 g/mol.